The second-order valence-corrected chi connectivity index (χ2v) is 7.60. The number of aliphatic hydroxyl groups is 2. The maximum atomic E-state index is 10.1. The van der Waals surface area contributed by atoms with Crippen LogP contribution in [-0.4, -0.2) is 29.0 Å². The topological polar surface area (TPSA) is 58.9 Å². The summed E-state index contributed by atoms with van der Waals surface area (Å²) in [4.78, 5) is 0. The van der Waals surface area contributed by atoms with Gasteiger partial charge in [0.1, 0.15) is 12.4 Å². The highest BCUT2D eigenvalue weighted by atomic mass is 32.1. The Morgan fingerprint density at radius 2 is 1.96 bits per heavy atom. The van der Waals surface area contributed by atoms with Crippen LogP contribution < -0.4 is 4.74 Å². The molecule has 1 saturated heterocycles. The monoisotopic (exact) mass is 370 g/mol. The van der Waals surface area contributed by atoms with E-state index in [4.69, 9.17) is 9.47 Å². The van der Waals surface area contributed by atoms with Crippen LogP contribution in [-0.2, 0) is 11.3 Å². The molecule has 2 N–H and O–H groups in total. The first-order chi connectivity index (χ1) is 12.7. The summed E-state index contributed by atoms with van der Waals surface area (Å²) in [5.41, 5.74) is 2.14. The Hall–Kier alpha value is -1.92. The van der Waals surface area contributed by atoms with Crippen LogP contribution >= 0.6 is 11.3 Å². The Bertz CT molecular complexity index is 861. The Morgan fingerprint density at radius 1 is 1.12 bits per heavy atom. The third kappa shape index (κ3) is 3.76. The molecule has 3 atom stereocenters. The Morgan fingerprint density at radius 3 is 2.77 bits per heavy atom. The standard InChI is InChI=1S/C21H22O4S/c22-11-17-9-16(23)10-19(25-17)15-6-7-21-18(8-15)20(13-26-21)24-12-14-4-2-1-3-5-14/h1-8,13,16-17,19,22-23H,9-12H2. The smallest absolute Gasteiger partial charge is 0.138 e. The molecule has 2 heterocycles. The largest absolute Gasteiger partial charge is 0.487 e. The van der Waals surface area contributed by atoms with E-state index >= 15 is 0 Å². The van der Waals surface area contributed by atoms with Gasteiger partial charge in [0, 0.05) is 28.3 Å². The van der Waals surface area contributed by atoms with E-state index in [1.807, 2.05) is 41.8 Å². The summed E-state index contributed by atoms with van der Waals surface area (Å²) in [6, 6.07) is 16.3. The van der Waals surface area contributed by atoms with Gasteiger partial charge in [-0.25, -0.2) is 0 Å². The SMILES string of the molecule is OCC1CC(O)CC(c2ccc3scc(OCc4ccccc4)c3c2)O1. The number of fused-ring (bicyclic) bond motifs is 1. The average Bonchev–Trinajstić information content (AvgIpc) is 3.09. The fourth-order valence-electron chi connectivity index (χ4n) is 3.39. The number of hydrogen-bond donors (Lipinski definition) is 2. The van der Waals surface area contributed by atoms with Crippen molar-refractivity contribution in [2.75, 3.05) is 6.61 Å². The van der Waals surface area contributed by atoms with Gasteiger partial charge in [0.15, 0.2) is 0 Å². The van der Waals surface area contributed by atoms with Crippen molar-refractivity contribution in [2.45, 2.75) is 37.8 Å². The maximum Gasteiger partial charge on any atom is 0.138 e. The molecular weight excluding hydrogens is 348 g/mol. The highest BCUT2D eigenvalue weighted by Gasteiger charge is 2.29. The molecule has 0 radical (unpaired) electrons. The minimum Gasteiger partial charge on any atom is -0.487 e. The van der Waals surface area contributed by atoms with Crippen LogP contribution in [0.1, 0.15) is 30.1 Å². The van der Waals surface area contributed by atoms with E-state index in [0.717, 1.165) is 27.0 Å². The zero-order valence-corrected chi connectivity index (χ0v) is 15.2. The van der Waals surface area contributed by atoms with E-state index in [2.05, 4.69) is 12.1 Å². The van der Waals surface area contributed by atoms with Crippen molar-refractivity contribution in [2.24, 2.45) is 0 Å². The van der Waals surface area contributed by atoms with Gasteiger partial charge in [-0.15, -0.1) is 11.3 Å². The van der Waals surface area contributed by atoms with Gasteiger partial charge in [-0.2, -0.15) is 0 Å². The zero-order valence-electron chi connectivity index (χ0n) is 14.4. The number of ether oxygens (including phenoxy) is 2. The number of benzene rings is 2. The molecule has 1 fully saturated rings. The molecule has 0 spiro atoms. The average molecular weight is 370 g/mol. The van der Waals surface area contributed by atoms with Gasteiger partial charge in [0.05, 0.1) is 24.9 Å². The summed E-state index contributed by atoms with van der Waals surface area (Å²) in [6.45, 7) is 0.460. The number of aliphatic hydroxyl groups excluding tert-OH is 2. The van der Waals surface area contributed by atoms with Gasteiger partial charge in [0.25, 0.3) is 0 Å². The van der Waals surface area contributed by atoms with Gasteiger partial charge in [-0.05, 0) is 23.3 Å². The summed E-state index contributed by atoms with van der Waals surface area (Å²) in [5, 5.41) is 22.5. The van der Waals surface area contributed by atoms with Crippen molar-refractivity contribution in [3.63, 3.8) is 0 Å². The molecule has 3 aromatic rings. The van der Waals surface area contributed by atoms with Crippen LogP contribution in [0.15, 0.2) is 53.9 Å². The molecule has 2 aromatic carbocycles. The molecule has 0 aliphatic carbocycles. The minimum atomic E-state index is -0.446. The van der Waals surface area contributed by atoms with Crippen molar-refractivity contribution < 1.29 is 19.7 Å². The van der Waals surface area contributed by atoms with Crippen molar-refractivity contribution >= 4 is 21.4 Å². The van der Waals surface area contributed by atoms with Crippen LogP contribution in [0.25, 0.3) is 10.1 Å². The molecule has 1 aromatic heterocycles. The summed E-state index contributed by atoms with van der Waals surface area (Å²) in [5.74, 6) is 0.866. The Balaban J connectivity index is 1.56. The lowest BCUT2D eigenvalue weighted by Gasteiger charge is -2.32. The van der Waals surface area contributed by atoms with E-state index in [9.17, 15) is 10.2 Å². The molecule has 0 amide bonds. The van der Waals surface area contributed by atoms with E-state index in [0.29, 0.717) is 19.4 Å². The quantitative estimate of drug-likeness (QED) is 0.711. The van der Waals surface area contributed by atoms with Crippen LogP contribution in [0.4, 0.5) is 0 Å². The molecule has 4 nitrogen and oxygen atoms in total. The molecule has 5 heteroatoms. The molecule has 0 bridgehead atoms. The summed E-state index contributed by atoms with van der Waals surface area (Å²) in [7, 11) is 0. The second-order valence-electron chi connectivity index (χ2n) is 6.68. The Kier molecular flexibility index (Phi) is 5.22. The van der Waals surface area contributed by atoms with Gasteiger partial charge in [-0.1, -0.05) is 36.4 Å². The molecule has 1 aliphatic heterocycles. The summed E-state index contributed by atoms with van der Waals surface area (Å²) >= 11 is 1.65. The lowest BCUT2D eigenvalue weighted by atomic mass is 9.95. The van der Waals surface area contributed by atoms with Gasteiger partial charge in [0.2, 0.25) is 0 Å². The molecule has 3 unspecified atom stereocenters. The number of hydrogen-bond acceptors (Lipinski definition) is 5. The predicted molar refractivity (Wildman–Crippen MR) is 103 cm³/mol. The van der Waals surface area contributed by atoms with Crippen molar-refractivity contribution in [3.05, 3.63) is 65.0 Å². The van der Waals surface area contributed by atoms with Crippen LogP contribution in [0.3, 0.4) is 0 Å². The summed E-state index contributed by atoms with van der Waals surface area (Å²) < 4.78 is 13.1. The lowest BCUT2D eigenvalue weighted by molar-refractivity contribution is -0.113. The molecular formula is C21H22O4S. The maximum absolute atomic E-state index is 10.1. The van der Waals surface area contributed by atoms with Crippen molar-refractivity contribution in [1.29, 1.82) is 0 Å². The molecule has 136 valence electrons. The summed E-state index contributed by atoms with van der Waals surface area (Å²) in [6.07, 6.45) is 0.0710. The van der Waals surface area contributed by atoms with Gasteiger partial charge < -0.3 is 19.7 Å². The van der Waals surface area contributed by atoms with Gasteiger partial charge in [-0.3, -0.25) is 0 Å². The first kappa shape index (κ1) is 17.5. The molecule has 1 aliphatic rings. The second kappa shape index (κ2) is 7.76. The van der Waals surface area contributed by atoms with E-state index in [1.165, 1.54) is 0 Å². The first-order valence-corrected chi connectivity index (χ1v) is 9.73. The van der Waals surface area contributed by atoms with E-state index < -0.39 is 6.10 Å². The van der Waals surface area contributed by atoms with E-state index in [1.54, 1.807) is 11.3 Å². The van der Waals surface area contributed by atoms with Crippen LogP contribution in [0, 0.1) is 0 Å². The molecule has 26 heavy (non-hydrogen) atoms. The Labute approximate surface area is 156 Å². The van der Waals surface area contributed by atoms with Crippen LogP contribution in [0.5, 0.6) is 5.75 Å². The number of thiophene rings is 1. The predicted octanol–water partition coefficient (Wildman–Crippen LogP) is 4.05. The first-order valence-electron chi connectivity index (χ1n) is 8.85. The fraction of sp³-hybridized carbons (Fsp3) is 0.333. The normalized spacial score (nSPS) is 23.2. The van der Waals surface area contributed by atoms with Gasteiger partial charge >= 0.3 is 0 Å². The number of rotatable bonds is 5. The molecule has 0 saturated carbocycles. The minimum absolute atomic E-state index is 0.0697. The van der Waals surface area contributed by atoms with Crippen molar-refractivity contribution in [1.82, 2.24) is 0 Å². The lowest BCUT2D eigenvalue weighted by Crippen LogP contribution is -2.33. The highest BCUT2D eigenvalue weighted by molar-refractivity contribution is 7.17. The third-order valence-electron chi connectivity index (χ3n) is 4.75. The highest BCUT2D eigenvalue weighted by Crippen LogP contribution is 2.38. The molecule has 4 rings (SSSR count). The fourth-order valence-corrected chi connectivity index (χ4v) is 4.26. The van der Waals surface area contributed by atoms with Crippen molar-refractivity contribution in [3.8, 4) is 5.75 Å². The zero-order chi connectivity index (χ0) is 17.9. The third-order valence-corrected chi connectivity index (χ3v) is 5.69. The van der Waals surface area contributed by atoms with Crippen LogP contribution in [0.2, 0.25) is 0 Å². The van der Waals surface area contributed by atoms with E-state index in [-0.39, 0.29) is 18.8 Å².